The summed E-state index contributed by atoms with van der Waals surface area (Å²) in [6.07, 6.45) is 0. The molecule has 0 radical (unpaired) electrons. The van der Waals surface area contributed by atoms with Crippen LogP contribution in [0.2, 0.25) is 0 Å². The lowest BCUT2D eigenvalue weighted by atomic mass is 10.1. The van der Waals surface area contributed by atoms with E-state index < -0.39 is 0 Å². The molecule has 1 N–H and O–H groups in total. The minimum Gasteiger partial charge on any atom is -0.462 e. The maximum absolute atomic E-state index is 11.6. The SMILES string of the molecule is CCOC(=O)c1ccc(Nc2cccc(C)c2C)cc1. The first-order chi connectivity index (χ1) is 9.61. The molecule has 0 saturated heterocycles. The van der Waals surface area contributed by atoms with Gasteiger partial charge >= 0.3 is 5.97 Å². The highest BCUT2D eigenvalue weighted by Gasteiger charge is 2.06. The van der Waals surface area contributed by atoms with Crippen LogP contribution in [0.4, 0.5) is 11.4 Å². The minimum atomic E-state index is -0.286. The summed E-state index contributed by atoms with van der Waals surface area (Å²) in [6.45, 7) is 6.37. The zero-order chi connectivity index (χ0) is 14.5. The molecule has 0 saturated carbocycles. The summed E-state index contributed by atoms with van der Waals surface area (Å²) in [7, 11) is 0. The second-order valence-corrected chi connectivity index (χ2v) is 4.67. The molecule has 104 valence electrons. The van der Waals surface area contributed by atoms with Crippen LogP contribution in [0.5, 0.6) is 0 Å². The van der Waals surface area contributed by atoms with Crippen LogP contribution in [-0.2, 0) is 4.74 Å². The number of hydrogen-bond donors (Lipinski definition) is 1. The Labute approximate surface area is 119 Å². The van der Waals surface area contributed by atoms with E-state index in [1.54, 1.807) is 19.1 Å². The predicted molar refractivity (Wildman–Crippen MR) is 81.6 cm³/mol. The van der Waals surface area contributed by atoms with Gasteiger partial charge in [-0.15, -0.1) is 0 Å². The van der Waals surface area contributed by atoms with E-state index in [4.69, 9.17) is 4.74 Å². The van der Waals surface area contributed by atoms with Crippen molar-refractivity contribution >= 4 is 17.3 Å². The topological polar surface area (TPSA) is 38.3 Å². The number of rotatable bonds is 4. The molecule has 0 aliphatic carbocycles. The van der Waals surface area contributed by atoms with E-state index in [2.05, 4.69) is 25.2 Å². The Kier molecular flexibility index (Phi) is 4.41. The lowest BCUT2D eigenvalue weighted by molar-refractivity contribution is 0.0526. The van der Waals surface area contributed by atoms with Gasteiger partial charge in [-0.2, -0.15) is 0 Å². The maximum atomic E-state index is 11.6. The fourth-order valence-corrected chi connectivity index (χ4v) is 1.95. The monoisotopic (exact) mass is 269 g/mol. The fraction of sp³-hybridized carbons (Fsp3) is 0.235. The Morgan fingerprint density at radius 2 is 1.80 bits per heavy atom. The molecular formula is C17H19NO2. The molecule has 0 unspecified atom stereocenters. The first kappa shape index (κ1) is 14.1. The van der Waals surface area contributed by atoms with E-state index >= 15 is 0 Å². The van der Waals surface area contributed by atoms with Gasteiger partial charge in [-0.1, -0.05) is 12.1 Å². The van der Waals surface area contributed by atoms with E-state index in [-0.39, 0.29) is 5.97 Å². The van der Waals surface area contributed by atoms with Crippen LogP contribution in [0.3, 0.4) is 0 Å². The average molecular weight is 269 g/mol. The van der Waals surface area contributed by atoms with Gasteiger partial charge in [-0.05, 0) is 62.2 Å². The van der Waals surface area contributed by atoms with Crippen molar-refractivity contribution in [3.05, 3.63) is 59.2 Å². The lowest BCUT2D eigenvalue weighted by Crippen LogP contribution is -2.04. The van der Waals surface area contributed by atoms with Gasteiger partial charge in [0, 0.05) is 11.4 Å². The van der Waals surface area contributed by atoms with Crippen molar-refractivity contribution in [1.82, 2.24) is 0 Å². The van der Waals surface area contributed by atoms with Crippen LogP contribution >= 0.6 is 0 Å². The molecule has 0 aliphatic heterocycles. The second kappa shape index (κ2) is 6.24. The zero-order valence-corrected chi connectivity index (χ0v) is 12.1. The number of aryl methyl sites for hydroxylation is 1. The molecule has 0 aromatic heterocycles. The Hall–Kier alpha value is -2.29. The highest BCUT2D eigenvalue weighted by atomic mass is 16.5. The highest BCUT2D eigenvalue weighted by Crippen LogP contribution is 2.23. The third-order valence-corrected chi connectivity index (χ3v) is 3.28. The third kappa shape index (κ3) is 3.18. The van der Waals surface area contributed by atoms with Crippen molar-refractivity contribution in [3.63, 3.8) is 0 Å². The van der Waals surface area contributed by atoms with Gasteiger partial charge in [0.25, 0.3) is 0 Å². The van der Waals surface area contributed by atoms with Crippen molar-refractivity contribution < 1.29 is 9.53 Å². The molecule has 0 bridgehead atoms. The summed E-state index contributed by atoms with van der Waals surface area (Å²) in [6, 6.07) is 13.5. The molecular weight excluding hydrogens is 250 g/mol. The Morgan fingerprint density at radius 1 is 1.10 bits per heavy atom. The van der Waals surface area contributed by atoms with Crippen LogP contribution in [0, 0.1) is 13.8 Å². The van der Waals surface area contributed by atoms with E-state index in [0.29, 0.717) is 12.2 Å². The number of anilines is 2. The van der Waals surface area contributed by atoms with Crippen molar-refractivity contribution in [2.24, 2.45) is 0 Å². The molecule has 2 rings (SSSR count). The molecule has 0 heterocycles. The summed E-state index contributed by atoms with van der Waals surface area (Å²) < 4.78 is 4.96. The largest absolute Gasteiger partial charge is 0.462 e. The van der Waals surface area contributed by atoms with Gasteiger partial charge in [0.2, 0.25) is 0 Å². The van der Waals surface area contributed by atoms with Crippen LogP contribution in [0.1, 0.15) is 28.4 Å². The lowest BCUT2D eigenvalue weighted by Gasteiger charge is -2.11. The number of hydrogen-bond acceptors (Lipinski definition) is 3. The van der Waals surface area contributed by atoms with Crippen LogP contribution < -0.4 is 5.32 Å². The first-order valence-corrected chi connectivity index (χ1v) is 6.72. The first-order valence-electron chi connectivity index (χ1n) is 6.72. The molecule has 0 spiro atoms. The molecule has 2 aromatic carbocycles. The maximum Gasteiger partial charge on any atom is 0.338 e. The smallest absolute Gasteiger partial charge is 0.338 e. The van der Waals surface area contributed by atoms with E-state index in [0.717, 1.165) is 11.4 Å². The molecule has 0 aliphatic rings. The molecule has 20 heavy (non-hydrogen) atoms. The average Bonchev–Trinajstić information content (AvgIpc) is 2.45. The molecule has 0 amide bonds. The van der Waals surface area contributed by atoms with E-state index in [1.165, 1.54) is 11.1 Å². The Balaban J connectivity index is 2.15. The number of ether oxygens (including phenoxy) is 1. The van der Waals surface area contributed by atoms with Gasteiger partial charge in [-0.25, -0.2) is 4.79 Å². The summed E-state index contributed by atoms with van der Waals surface area (Å²) in [5, 5.41) is 3.36. The number of carbonyl (C=O) groups is 1. The Morgan fingerprint density at radius 3 is 2.45 bits per heavy atom. The number of nitrogens with one attached hydrogen (secondary N) is 1. The minimum absolute atomic E-state index is 0.286. The van der Waals surface area contributed by atoms with E-state index in [1.807, 2.05) is 24.3 Å². The van der Waals surface area contributed by atoms with Crippen molar-refractivity contribution in [2.45, 2.75) is 20.8 Å². The molecule has 0 atom stereocenters. The third-order valence-electron chi connectivity index (χ3n) is 3.28. The fourth-order valence-electron chi connectivity index (χ4n) is 1.95. The summed E-state index contributed by atoms with van der Waals surface area (Å²) in [5.41, 5.74) is 5.07. The standard InChI is InChI=1S/C17H19NO2/c1-4-20-17(19)14-8-10-15(11-9-14)18-16-7-5-6-12(2)13(16)3/h5-11,18H,4H2,1-3H3. The summed E-state index contributed by atoms with van der Waals surface area (Å²) >= 11 is 0. The quantitative estimate of drug-likeness (QED) is 0.844. The molecule has 2 aromatic rings. The second-order valence-electron chi connectivity index (χ2n) is 4.67. The van der Waals surface area contributed by atoms with Crippen LogP contribution in [0.15, 0.2) is 42.5 Å². The normalized spacial score (nSPS) is 10.2. The number of esters is 1. The summed E-state index contributed by atoms with van der Waals surface area (Å²) in [4.78, 5) is 11.6. The van der Waals surface area contributed by atoms with Crippen molar-refractivity contribution in [1.29, 1.82) is 0 Å². The van der Waals surface area contributed by atoms with Crippen molar-refractivity contribution in [2.75, 3.05) is 11.9 Å². The number of carbonyl (C=O) groups excluding carboxylic acids is 1. The Bertz CT molecular complexity index is 603. The van der Waals surface area contributed by atoms with Gasteiger partial charge in [-0.3, -0.25) is 0 Å². The predicted octanol–water partition coefficient (Wildman–Crippen LogP) is 4.22. The molecule has 3 heteroatoms. The van der Waals surface area contributed by atoms with Crippen LogP contribution in [0.25, 0.3) is 0 Å². The van der Waals surface area contributed by atoms with Gasteiger partial charge in [0.05, 0.1) is 12.2 Å². The molecule has 0 fully saturated rings. The summed E-state index contributed by atoms with van der Waals surface area (Å²) in [5.74, 6) is -0.286. The number of benzene rings is 2. The van der Waals surface area contributed by atoms with Gasteiger partial charge in [0.1, 0.15) is 0 Å². The highest BCUT2D eigenvalue weighted by molar-refractivity contribution is 5.89. The van der Waals surface area contributed by atoms with Gasteiger partial charge < -0.3 is 10.1 Å². The van der Waals surface area contributed by atoms with E-state index in [9.17, 15) is 4.79 Å². The molecule has 3 nitrogen and oxygen atoms in total. The zero-order valence-electron chi connectivity index (χ0n) is 12.1. The van der Waals surface area contributed by atoms with Crippen molar-refractivity contribution in [3.8, 4) is 0 Å². The van der Waals surface area contributed by atoms with Gasteiger partial charge in [0.15, 0.2) is 0 Å². The van der Waals surface area contributed by atoms with Crippen LogP contribution in [-0.4, -0.2) is 12.6 Å².